The van der Waals surface area contributed by atoms with E-state index in [4.69, 9.17) is 5.11 Å². The van der Waals surface area contributed by atoms with E-state index in [0.717, 1.165) is 0 Å². The van der Waals surface area contributed by atoms with Gasteiger partial charge in [0.25, 0.3) is 0 Å². The molecule has 0 aliphatic heterocycles. The number of rotatable bonds is 4. The molecular weight excluding hydrogens is 172 g/mol. The number of esters is 1. The topological polar surface area (TPSA) is 63.6 Å². The Bertz CT molecular complexity index is 135. The van der Waals surface area contributed by atoms with Crippen LogP contribution in [0.15, 0.2) is 0 Å². The molecule has 0 heterocycles. The smallest absolute Gasteiger partial charge is 0.306 e. The number of hydrogen-bond donors (Lipinski definition) is 1. The summed E-state index contributed by atoms with van der Waals surface area (Å²) < 4.78 is 4.49. The van der Waals surface area contributed by atoms with Crippen LogP contribution < -0.4 is 0 Å². The van der Waals surface area contributed by atoms with Gasteiger partial charge in [0.1, 0.15) is 0 Å². The lowest BCUT2D eigenvalue weighted by molar-refractivity contribution is -0.147. The molecule has 0 bridgehead atoms. The largest absolute Gasteiger partial charge is 0.481 e. The lowest BCUT2D eigenvalue weighted by Gasteiger charge is -1.97. The second kappa shape index (κ2) is 7.34. The summed E-state index contributed by atoms with van der Waals surface area (Å²) in [5.41, 5.74) is 0. The molecule has 0 rings (SSSR count). The first kappa shape index (κ1) is 12.9. The molecule has 0 aliphatic rings. The summed E-state index contributed by atoms with van der Waals surface area (Å²) in [5.74, 6) is -1.43. The fourth-order valence-corrected chi connectivity index (χ4v) is 0.442. The molecule has 0 aliphatic carbocycles. The van der Waals surface area contributed by atoms with E-state index >= 15 is 0 Å². The summed E-state index contributed by atoms with van der Waals surface area (Å²) >= 11 is 0. The van der Waals surface area contributed by atoms with Crippen molar-refractivity contribution in [2.24, 2.45) is 0 Å². The first-order valence-electron chi connectivity index (χ1n) is 3.04. The third kappa shape index (κ3) is 9.23. The van der Waals surface area contributed by atoms with Crippen LogP contribution >= 0.6 is 12.4 Å². The summed E-state index contributed by atoms with van der Waals surface area (Å²) in [6.45, 7) is 1.98. The predicted molar refractivity (Wildman–Crippen MR) is 40.8 cm³/mol. The van der Waals surface area contributed by atoms with Crippen LogP contribution in [0.2, 0.25) is 0 Å². The van der Waals surface area contributed by atoms with Gasteiger partial charge in [-0.15, -0.1) is 12.4 Å². The number of aliphatic carboxylic acids is 1. The molecule has 0 aromatic heterocycles. The maximum Gasteiger partial charge on any atom is 0.306 e. The van der Waals surface area contributed by atoms with Crippen LogP contribution in [-0.2, 0) is 14.3 Å². The molecule has 0 atom stereocenters. The first-order valence-corrected chi connectivity index (χ1v) is 3.04. The number of ether oxygens (including phenoxy) is 1. The van der Waals surface area contributed by atoms with Gasteiger partial charge >= 0.3 is 11.9 Å². The van der Waals surface area contributed by atoms with E-state index in [2.05, 4.69) is 4.74 Å². The van der Waals surface area contributed by atoms with E-state index < -0.39 is 11.9 Å². The quantitative estimate of drug-likeness (QED) is 0.655. The zero-order chi connectivity index (χ0) is 7.98. The lowest BCUT2D eigenvalue weighted by Crippen LogP contribution is -2.06. The fourth-order valence-electron chi connectivity index (χ4n) is 0.442. The highest BCUT2D eigenvalue weighted by molar-refractivity contribution is 5.85. The first-order chi connectivity index (χ1) is 4.66. The second-order valence-corrected chi connectivity index (χ2v) is 1.70. The van der Waals surface area contributed by atoms with Crippen LogP contribution in [0.5, 0.6) is 0 Å². The summed E-state index contributed by atoms with van der Waals surface area (Å²) in [5, 5.41) is 8.12. The molecule has 0 aromatic rings. The van der Waals surface area contributed by atoms with Crippen LogP contribution in [0.3, 0.4) is 0 Å². The van der Waals surface area contributed by atoms with Crippen LogP contribution in [0, 0.1) is 0 Å². The Kier molecular flexibility index (Phi) is 8.58. The number of carboxylic acid groups (broad SMARTS) is 1. The van der Waals surface area contributed by atoms with Gasteiger partial charge in [0.2, 0.25) is 0 Å². The highest BCUT2D eigenvalue weighted by Gasteiger charge is 2.04. The standard InChI is InChI=1S/C6H10O4.ClH/c1-2-10-6(9)4-3-5(7)8;/h2-4H2,1H3,(H,7,8);1H. The van der Waals surface area contributed by atoms with Gasteiger partial charge in [0.05, 0.1) is 19.4 Å². The number of hydrogen-bond acceptors (Lipinski definition) is 3. The summed E-state index contributed by atoms with van der Waals surface area (Å²) in [6.07, 6.45) is -0.192. The monoisotopic (exact) mass is 182 g/mol. The van der Waals surface area contributed by atoms with Crippen molar-refractivity contribution in [3.8, 4) is 0 Å². The van der Waals surface area contributed by atoms with Crippen molar-refractivity contribution < 1.29 is 19.4 Å². The fraction of sp³-hybridized carbons (Fsp3) is 0.667. The molecule has 0 fully saturated rings. The molecule has 0 aromatic carbocycles. The number of carbonyl (C=O) groups excluding carboxylic acids is 1. The molecule has 11 heavy (non-hydrogen) atoms. The van der Waals surface area contributed by atoms with Gasteiger partial charge in [-0.3, -0.25) is 9.59 Å². The van der Waals surface area contributed by atoms with E-state index in [1.165, 1.54) is 0 Å². The van der Waals surface area contributed by atoms with E-state index in [1.54, 1.807) is 6.92 Å². The highest BCUT2D eigenvalue weighted by Crippen LogP contribution is 1.91. The van der Waals surface area contributed by atoms with Crippen LogP contribution in [0.4, 0.5) is 0 Å². The normalized spacial score (nSPS) is 8.09. The Hall–Kier alpha value is -0.770. The molecule has 5 heteroatoms. The van der Waals surface area contributed by atoms with Crippen molar-refractivity contribution in [3.63, 3.8) is 0 Å². The van der Waals surface area contributed by atoms with Gasteiger partial charge in [-0.1, -0.05) is 0 Å². The Labute approximate surface area is 70.9 Å². The summed E-state index contributed by atoms with van der Waals surface area (Å²) in [7, 11) is 0. The zero-order valence-electron chi connectivity index (χ0n) is 6.20. The third-order valence-electron chi connectivity index (χ3n) is 0.848. The molecule has 4 nitrogen and oxygen atoms in total. The number of halogens is 1. The van der Waals surface area contributed by atoms with Crippen molar-refractivity contribution in [1.82, 2.24) is 0 Å². The van der Waals surface area contributed by atoms with E-state index in [1.807, 2.05) is 0 Å². The van der Waals surface area contributed by atoms with Gasteiger partial charge in [-0.2, -0.15) is 0 Å². The van der Waals surface area contributed by atoms with Crippen molar-refractivity contribution in [1.29, 1.82) is 0 Å². The Morgan fingerprint density at radius 3 is 2.27 bits per heavy atom. The van der Waals surface area contributed by atoms with E-state index in [9.17, 15) is 9.59 Å². The molecule has 0 saturated carbocycles. The minimum atomic E-state index is -0.979. The number of carboxylic acids is 1. The molecule has 66 valence electrons. The minimum absolute atomic E-state index is 0. The molecule has 0 spiro atoms. The van der Waals surface area contributed by atoms with Gasteiger partial charge in [0, 0.05) is 0 Å². The average Bonchev–Trinajstić information content (AvgIpc) is 1.85. The second-order valence-electron chi connectivity index (χ2n) is 1.70. The van der Waals surface area contributed by atoms with Crippen molar-refractivity contribution >= 4 is 24.3 Å². The predicted octanol–water partition coefficient (Wildman–Crippen LogP) is 0.836. The van der Waals surface area contributed by atoms with E-state index in [-0.39, 0.29) is 25.2 Å². The van der Waals surface area contributed by atoms with Gasteiger partial charge in [-0.25, -0.2) is 0 Å². The lowest BCUT2D eigenvalue weighted by atomic mass is 10.3. The average molecular weight is 183 g/mol. The van der Waals surface area contributed by atoms with Gasteiger partial charge in [-0.05, 0) is 6.92 Å². The van der Waals surface area contributed by atoms with Gasteiger partial charge < -0.3 is 9.84 Å². The maximum absolute atomic E-state index is 10.5. The molecule has 0 amide bonds. The molecule has 1 N–H and O–H groups in total. The van der Waals surface area contributed by atoms with Crippen LogP contribution in [0.1, 0.15) is 19.8 Å². The van der Waals surface area contributed by atoms with Crippen molar-refractivity contribution in [2.45, 2.75) is 19.8 Å². The third-order valence-corrected chi connectivity index (χ3v) is 0.848. The summed E-state index contributed by atoms with van der Waals surface area (Å²) in [6, 6.07) is 0. The molecular formula is C6H11ClO4. The zero-order valence-corrected chi connectivity index (χ0v) is 7.02. The van der Waals surface area contributed by atoms with Crippen LogP contribution in [0.25, 0.3) is 0 Å². The van der Waals surface area contributed by atoms with Gasteiger partial charge in [0.15, 0.2) is 0 Å². The molecule has 0 radical (unpaired) electrons. The Balaban J connectivity index is 0. The Morgan fingerprint density at radius 1 is 1.36 bits per heavy atom. The highest BCUT2D eigenvalue weighted by atomic mass is 35.5. The maximum atomic E-state index is 10.5. The summed E-state index contributed by atoms with van der Waals surface area (Å²) in [4.78, 5) is 20.4. The SMILES string of the molecule is CCOC(=O)CCC(=O)O.Cl. The van der Waals surface area contributed by atoms with Crippen molar-refractivity contribution in [2.75, 3.05) is 6.61 Å². The minimum Gasteiger partial charge on any atom is -0.481 e. The molecule has 0 saturated heterocycles. The number of carbonyl (C=O) groups is 2. The van der Waals surface area contributed by atoms with E-state index in [0.29, 0.717) is 6.61 Å². The van der Waals surface area contributed by atoms with Crippen molar-refractivity contribution in [3.05, 3.63) is 0 Å². The Morgan fingerprint density at radius 2 is 1.91 bits per heavy atom. The van der Waals surface area contributed by atoms with Crippen LogP contribution in [-0.4, -0.2) is 23.7 Å². The molecule has 0 unspecified atom stereocenters.